The van der Waals surface area contributed by atoms with Crippen molar-refractivity contribution in [3.8, 4) is 22.3 Å². The number of rotatable bonds is 5. The number of hydrogen-bond donors (Lipinski definition) is 0. The van der Waals surface area contributed by atoms with Gasteiger partial charge in [-0.25, -0.2) is 4.79 Å². The van der Waals surface area contributed by atoms with Crippen LogP contribution in [0, 0.1) is 0 Å². The monoisotopic (exact) mass is 476 g/mol. The molecule has 0 amide bonds. The van der Waals surface area contributed by atoms with E-state index in [1.54, 1.807) is 18.2 Å². The van der Waals surface area contributed by atoms with E-state index in [1.165, 1.54) is 11.3 Å². The third-order valence-corrected chi connectivity index (χ3v) is 6.41. The van der Waals surface area contributed by atoms with Crippen molar-refractivity contribution < 1.29 is 14.4 Å². The first-order valence-electron chi connectivity index (χ1n) is 11.9. The van der Waals surface area contributed by atoms with E-state index in [1.807, 2.05) is 30.3 Å². The van der Waals surface area contributed by atoms with Gasteiger partial charge in [-0.3, -0.25) is 0 Å². The number of nitrogens with zero attached hydrogens (tertiary/aromatic N) is 4. The summed E-state index contributed by atoms with van der Waals surface area (Å²) in [4.78, 5) is 21.5. The molecule has 7 nitrogen and oxygen atoms in total. The van der Waals surface area contributed by atoms with Gasteiger partial charge in [0, 0.05) is 18.8 Å². The smallest absolute Gasteiger partial charge is 0.365 e. The largest absolute Gasteiger partial charge is 0.378 e. The van der Waals surface area contributed by atoms with Gasteiger partial charge < -0.3 is 14.5 Å². The average molecular weight is 477 g/mol. The third kappa shape index (κ3) is 4.44. The fourth-order valence-corrected chi connectivity index (χ4v) is 4.39. The van der Waals surface area contributed by atoms with Crippen molar-refractivity contribution in [1.29, 1.82) is 0 Å². The number of anilines is 1. The summed E-state index contributed by atoms with van der Waals surface area (Å²) in [6.45, 7) is 3.43. The third-order valence-electron chi connectivity index (χ3n) is 6.41. The molecule has 0 spiro atoms. The van der Waals surface area contributed by atoms with Crippen LogP contribution in [0.1, 0.15) is 10.4 Å². The van der Waals surface area contributed by atoms with Crippen LogP contribution in [0.3, 0.4) is 0 Å². The second kappa shape index (κ2) is 9.64. The molecule has 0 saturated carbocycles. The lowest BCUT2D eigenvalue weighted by Gasteiger charge is -2.28. The fraction of sp³-hybridized carbons (Fsp3) is 0.138. The zero-order valence-electron chi connectivity index (χ0n) is 19.6. The van der Waals surface area contributed by atoms with Crippen LogP contribution in [0.4, 0.5) is 5.69 Å². The van der Waals surface area contributed by atoms with Crippen molar-refractivity contribution in [2.75, 3.05) is 31.2 Å². The summed E-state index contributed by atoms with van der Waals surface area (Å²) in [6.07, 6.45) is 0. The van der Waals surface area contributed by atoms with Gasteiger partial charge in [0.2, 0.25) is 0 Å². The highest BCUT2D eigenvalue weighted by atomic mass is 16.7. The van der Waals surface area contributed by atoms with Gasteiger partial charge in [0.05, 0.1) is 18.8 Å². The highest BCUT2D eigenvalue weighted by molar-refractivity contribution is 5.90. The maximum Gasteiger partial charge on any atom is 0.365 e. The lowest BCUT2D eigenvalue weighted by atomic mass is 9.99. The van der Waals surface area contributed by atoms with Gasteiger partial charge in [-0.15, -0.1) is 5.10 Å². The summed E-state index contributed by atoms with van der Waals surface area (Å²) in [5, 5.41) is 7.91. The number of hydrogen-bond acceptors (Lipinski definition) is 6. The second-order valence-electron chi connectivity index (χ2n) is 8.63. The number of para-hydroxylation sites is 1. The number of ether oxygens (including phenoxy) is 1. The van der Waals surface area contributed by atoms with Gasteiger partial charge in [-0.1, -0.05) is 65.5 Å². The lowest BCUT2D eigenvalue weighted by Crippen LogP contribution is -2.36. The normalized spacial score (nSPS) is 13.6. The lowest BCUT2D eigenvalue weighted by molar-refractivity contribution is 0.0409. The van der Waals surface area contributed by atoms with Crippen LogP contribution >= 0.6 is 0 Å². The Morgan fingerprint density at radius 2 is 1.28 bits per heavy atom. The molecule has 0 atom stereocenters. The van der Waals surface area contributed by atoms with E-state index in [9.17, 15) is 4.79 Å². The Hall–Kier alpha value is -4.49. The molecule has 0 radical (unpaired) electrons. The quantitative estimate of drug-likeness (QED) is 0.337. The van der Waals surface area contributed by atoms with Crippen molar-refractivity contribution in [3.63, 3.8) is 0 Å². The molecule has 2 heterocycles. The first-order chi connectivity index (χ1) is 17.7. The van der Waals surface area contributed by atoms with Crippen molar-refractivity contribution in [2.24, 2.45) is 0 Å². The zero-order valence-corrected chi connectivity index (χ0v) is 19.6. The predicted molar refractivity (Wildman–Crippen MR) is 139 cm³/mol. The highest BCUT2D eigenvalue weighted by Crippen LogP contribution is 2.27. The van der Waals surface area contributed by atoms with E-state index in [2.05, 4.69) is 63.7 Å². The van der Waals surface area contributed by atoms with Crippen LogP contribution in [-0.4, -0.2) is 47.4 Å². The van der Waals surface area contributed by atoms with Crippen molar-refractivity contribution in [3.05, 3.63) is 103 Å². The molecule has 0 unspecified atom stereocenters. The molecule has 1 aromatic heterocycles. The SMILES string of the molecule is O=C(On1nnc2ccccc21)c1ccc(-c2ccc(-c3ccc(N4CCOCC4)cc3)cc2)cc1. The Bertz CT molecular complexity index is 1490. The summed E-state index contributed by atoms with van der Waals surface area (Å²) >= 11 is 0. The van der Waals surface area contributed by atoms with E-state index < -0.39 is 5.97 Å². The Labute approximate surface area is 208 Å². The van der Waals surface area contributed by atoms with Crippen LogP contribution in [-0.2, 0) is 4.74 Å². The number of morpholine rings is 1. The minimum absolute atomic E-state index is 0.440. The van der Waals surface area contributed by atoms with Gasteiger partial charge in [-0.05, 0) is 63.9 Å². The number of carbonyl (C=O) groups is 1. The summed E-state index contributed by atoms with van der Waals surface area (Å²) in [6, 6.07) is 31.8. The molecule has 1 fully saturated rings. The molecule has 4 aromatic carbocycles. The highest BCUT2D eigenvalue weighted by Gasteiger charge is 2.13. The number of aromatic nitrogens is 3. The molecule has 178 valence electrons. The zero-order chi connectivity index (χ0) is 24.3. The van der Waals surface area contributed by atoms with Crippen LogP contribution in [0.25, 0.3) is 33.3 Å². The van der Waals surface area contributed by atoms with Gasteiger partial charge >= 0.3 is 5.97 Å². The van der Waals surface area contributed by atoms with Gasteiger partial charge in [0.1, 0.15) is 11.0 Å². The van der Waals surface area contributed by atoms with E-state index in [4.69, 9.17) is 9.57 Å². The van der Waals surface area contributed by atoms with E-state index in [-0.39, 0.29) is 0 Å². The number of benzene rings is 4. The van der Waals surface area contributed by atoms with Gasteiger partial charge in [0.15, 0.2) is 0 Å². The number of carbonyl (C=O) groups excluding carboxylic acids is 1. The Morgan fingerprint density at radius 3 is 1.92 bits per heavy atom. The molecule has 5 aromatic rings. The van der Waals surface area contributed by atoms with Crippen LogP contribution in [0.2, 0.25) is 0 Å². The van der Waals surface area contributed by atoms with Gasteiger partial charge in [0.25, 0.3) is 0 Å². The minimum Gasteiger partial charge on any atom is -0.378 e. The van der Waals surface area contributed by atoms with Crippen LogP contribution < -0.4 is 9.74 Å². The first kappa shape index (κ1) is 22.0. The molecule has 36 heavy (non-hydrogen) atoms. The van der Waals surface area contributed by atoms with Gasteiger partial charge in [-0.2, -0.15) is 0 Å². The Balaban J connectivity index is 1.13. The predicted octanol–water partition coefficient (Wildman–Crippen LogP) is 4.87. The molecule has 1 aliphatic rings. The standard InChI is InChI=1S/C29H24N4O3/c34-29(36-33-28-4-2-1-3-27(28)30-31-33)25-11-9-23(10-12-25)21-5-7-22(8-6-21)24-13-15-26(16-14-24)32-17-19-35-20-18-32/h1-16H,17-20H2. The molecule has 7 heteroatoms. The summed E-state index contributed by atoms with van der Waals surface area (Å²) in [5.74, 6) is -0.493. The first-order valence-corrected chi connectivity index (χ1v) is 11.9. The van der Waals surface area contributed by atoms with Crippen LogP contribution in [0.15, 0.2) is 97.1 Å². The van der Waals surface area contributed by atoms with E-state index in [0.717, 1.165) is 47.8 Å². The Kier molecular flexibility index (Phi) is 5.89. The summed E-state index contributed by atoms with van der Waals surface area (Å²) in [7, 11) is 0. The van der Waals surface area contributed by atoms with Crippen LogP contribution in [0.5, 0.6) is 0 Å². The second-order valence-corrected chi connectivity index (χ2v) is 8.63. The maximum absolute atomic E-state index is 12.6. The fourth-order valence-electron chi connectivity index (χ4n) is 4.39. The van der Waals surface area contributed by atoms with E-state index >= 15 is 0 Å². The molecule has 1 aliphatic heterocycles. The topological polar surface area (TPSA) is 69.5 Å². The Morgan fingerprint density at radius 1 is 0.722 bits per heavy atom. The molecule has 0 bridgehead atoms. The van der Waals surface area contributed by atoms with Crippen molar-refractivity contribution >= 4 is 22.7 Å². The average Bonchev–Trinajstić information content (AvgIpc) is 3.36. The van der Waals surface area contributed by atoms with Crippen molar-refractivity contribution in [2.45, 2.75) is 0 Å². The molecule has 1 saturated heterocycles. The molecule has 6 rings (SSSR count). The minimum atomic E-state index is -0.493. The molecule has 0 aliphatic carbocycles. The molecular formula is C29H24N4O3. The number of fused-ring (bicyclic) bond motifs is 1. The maximum atomic E-state index is 12.6. The van der Waals surface area contributed by atoms with Crippen molar-refractivity contribution in [1.82, 2.24) is 15.2 Å². The molecule has 0 N–H and O–H groups in total. The molecular weight excluding hydrogens is 452 g/mol. The van der Waals surface area contributed by atoms with E-state index in [0.29, 0.717) is 16.6 Å². The summed E-state index contributed by atoms with van der Waals surface area (Å²) in [5.41, 5.74) is 7.41. The summed E-state index contributed by atoms with van der Waals surface area (Å²) < 4.78 is 5.44.